The van der Waals surface area contributed by atoms with E-state index in [1.54, 1.807) is 30.6 Å². The Balaban J connectivity index is 1.72. The van der Waals surface area contributed by atoms with Gasteiger partial charge in [0.1, 0.15) is 0 Å². The number of nitrogens with zero attached hydrogens (tertiary/aromatic N) is 3. The van der Waals surface area contributed by atoms with E-state index in [1.165, 1.54) is 0 Å². The Labute approximate surface area is 133 Å². The number of carbonyl (C=O) groups excluding carboxylic acids is 1. The highest BCUT2D eigenvalue weighted by Gasteiger charge is 2.30. The maximum Gasteiger partial charge on any atom is 0.167 e. The van der Waals surface area contributed by atoms with Crippen LogP contribution in [0.15, 0.2) is 66.2 Å². The van der Waals surface area contributed by atoms with E-state index in [0.29, 0.717) is 17.7 Å². The fourth-order valence-corrected chi connectivity index (χ4v) is 3.23. The molecule has 0 aliphatic carbocycles. The fraction of sp³-hybridized carbons (Fsp3) is 0.111. The number of rotatable bonds is 4. The van der Waals surface area contributed by atoms with Gasteiger partial charge in [0.25, 0.3) is 0 Å². The highest BCUT2D eigenvalue weighted by molar-refractivity contribution is 6.01. The third-order valence-electron chi connectivity index (χ3n) is 4.30. The minimum absolute atomic E-state index is 0.0158. The molecule has 1 aromatic heterocycles. The van der Waals surface area contributed by atoms with Gasteiger partial charge in [0, 0.05) is 17.5 Å². The summed E-state index contributed by atoms with van der Waals surface area (Å²) in [5.74, 6) is -0.0158. The number of ketones is 1. The van der Waals surface area contributed by atoms with Gasteiger partial charge < -0.3 is 4.57 Å². The quantitative estimate of drug-likeness (QED) is 0.573. The molecule has 112 valence electrons. The van der Waals surface area contributed by atoms with Gasteiger partial charge in [-0.05, 0) is 17.7 Å². The molecular formula is C18H14N4O. The Morgan fingerprint density at radius 1 is 1.17 bits per heavy atom. The van der Waals surface area contributed by atoms with Gasteiger partial charge in [-0.1, -0.05) is 36.4 Å². The summed E-state index contributed by atoms with van der Waals surface area (Å²) in [4.78, 5) is 17.0. The van der Waals surface area contributed by atoms with Crippen molar-refractivity contribution in [2.45, 2.75) is 12.5 Å². The van der Waals surface area contributed by atoms with Crippen molar-refractivity contribution in [3.8, 4) is 11.3 Å². The number of carbonyl (C=O) groups is 1. The van der Waals surface area contributed by atoms with Crippen molar-refractivity contribution in [3.05, 3.63) is 72.2 Å². The molecule has 2 heterocycles. The van der Waals surface area contributed by atoms with Crippen LogP contribution in [0, 0.1) is 5.53 Å². The van der Waals surface area contributed by atoms with Crippen LogP contribution in [0.4, 0.5) is 5.69 Å². The predicted octanol–water partition coefficient (Wildman–Crippen LogP) is 4.39. The molecule has 0 fully saturated rings. The number of aromatic nitrogens is 2. The van der Waals surface area contributed by atoms with Gasteiger partial charge in [-0.25, -0.2) is 10.5 Å². The van der Waals surface area contributed by atoms with Crippen molar-refractivity contribution < 1.29 is 4.79 Å². The monoisotopic (exact) mass is 302 g/mol. The zero-order valence-electron chi connectivity index (χ0n) is 12.3. The number of fused-ring (bicyclic) bond motifs is 3. The fourth-order valence-electron chi connectivity index (χ4n) is 3.23. The molecule has 5 nitrogen and oxygen atoms in total. The largest absolute Gasteiger partial charge is 0.322 e. The molecule has 4 rings (SSSR count). The second-order valence-corrected chi connectivity index (χ2v) is 5.55. The molecule has 1 unspecified atom stereocenters. The van der Waals surface area contributed by atoms with Crippen LogP contribution in [0.25, 0.3) is 11.3 Å². The van der Waals surface area contributed by atoms with E-state index in [4.69, 9.17) is 5.53 Å². The number of hydrogen-bond donors (Lipinski definition) is 1. The molecule has 2 aromatic carbocycles. The van der Waals surface area contributed by atoms with E-state index in [-0.39, 0.29) is 11.8 Å². The maximum atomic E-state index is 12.7. The predicted molar refractivity (Wildman–Crippen MR) is 86.0 cm³/mol. The van der Waals surface area contributed by atoms with Gasteiger partial charge in [0.2, 0.25) is 0 Å². The van der Waals surface area contributed by atoms with Crippen molar-refractivity contribution in [1.82, 2.24) is 9.55 Å². The highest BCUT2D eigenvalue weighted by atomic mass is 16.1. The smallest absolute Gasteiger partial charge is 0.167 e. The standard InChI is InChI=1S/C18H14N4O/c19-21-15-8-4-3-7-14(15)18(23)9-16-12-5-1-2-6-13(12)17-10-20-11-22(16)17/h1-8,10-11,16,19H,9H2. The van der Waals surface area contributed by atoms with Gasteiger partial charge >= 0.3 is 0 Å². The Morgan fingerprint density at radius 2 is 1.96 bits per heavy atom. The van der Waals surface area contributed by atoms with E-state index in [2.05, 4.69) is 22.2 Å². The molecule has 0 radical (unpaired) electrons. The minimum Gasteiger partial charge on any atom is -0.322 e. The summed E-state index contributed by atoms with van der Waals surface area (Å²) in [7, 11) is 0. The van der Waals surface area contributed by atoms with Crippen molar-refractivity contribution in [2.75, 3.05) is 0 Å². The van der Waals surface area contributed by atoms with Crippen molar-refractivity contribution in [2.24, 2.45) is 5.11 Å². The van der Waals surface area contributed by atoms with E-state index in [0.717, 1.165) is 16.8 Å². The number of benzene rings is 2. The van der Waals surface area contributed by atoms with Crippen LogP contribution >= 0.6 is 0 Å². The Bertz CT molecular complexity index is 913. The zero-order chi connectivity index (χ0) is 15.8. The minimum atomic E-state index is -0.0602. The average molecular weight is 302 g/mol. The molecule has 0 saturated heterocycles. The topological polar surface area (TPSA) is 71.1 Å². The lowest BCUT2D eigenvalue weighted by Crippen LogP contribution is -2.11. The van der Waals surface area contributed by atoms with Crippen LogP contribution in [-0.2, 0) is 0 Å². The lowest BCUT2D eigenvalue weighted by Gasteiger charge is -2.14. The molecule has 1 aliphatic rings. The van der Waals surface area contributed by atoms with Crippen LogP contribution < -0.4 is 0 Å². The first-order valence-corrected chi connectivity index (χ1v) is 7.40. The third kappa shape index (κ3) is 2.09. The van der Waals surface area contributed by atoms with Gasteiger partial charge in [0.15, 0.2) is 5.78 Å². The van der Waals surface area contributed by atoms with Gasteiger partial charge in [-0.2, -0.15) is 5.11 Å². The van der Waals surface area contributed by atoms with E-state index in [1.807, 2.05) is 22.9 Å². The molecule has 1 aliphatic heterocycles. The number of Topliss-reactive ketones (excluding diaryl/α,β-unsaturated/α-hetero) is 1. The van der Waals surface area contributed by atoms with Crippen LogP contribution in [-0.4, -0.2) is 15.3 Å². The molecular weight excluding hydrogens is 288 g/mol. The number of imidazole rings is 1. The first kappa shape index (κ1) is 13.6. The second kappa shape index (κ2) is 5.28. The summed E-state index contributed by atoms with van der Waals surface area (Å²) < 4.78 is 2.04. The number of nitrogens with one attached hydrogen (secondary N) is 1. The normalized spacial score (nSPS) is 15.0. The van der Waals surface area contributed by atoms with Gasteiger partial charge in [0.05, 0.1) is 29.9 Å². The van der Waals surface area contributed by atoms with Gasteiger partial charge in [-0.15, -0.1) is 0 Å². The van der Waals surface area contributed by atoms with E-state index < -0.39 is 0 Å². The molecule has 3 aromatic rings. The van der Waals surface area contributed by atoms with Crippen molar-refractivity contribution in [3.63, 3.8) is 0 Å². The molecule has 0 saturated carbocycles. The third-order valence-corrected chi connectivity index (χ3v) is 4.30. The highest BCUT2D eigenvalue weighted by Crippen LogP contribution is 2.41. The summed E-state index contributed by atoms with van der Waals surface area (Å²) in [5, 5.41) is 3.45. The van der Waals surface area contributed by atoms with Crippen LogP contribution in [0.5, 0.6) is 0 Å². The van der Waals surface area contributed by atoms with E-state index in [9.17, 15) is 4.79 Å². The summed E-state index contributed by atoms with van der Waals surface area (Å²) >= 11 is 0. The van der Waals surface area contributed by atoms with Crippen molar-refractivity contribution >= 4 is 11.5 Å². The molecule has 0 spiro atoms. The molecule has 5 heteroatoms. The van der Waals surface area contributed by atoms with E-state index >= 15 is 0 Å². The molecule has 23 heavy (non-hydrogen) atoms. The summed E-state index contributed by atoms with van der Waals surface area (Å²) in [5.41, 5.74) is 11.4. The number of para-hydroxylation sites is 1. The summed E-state index contributed by atoms with van der Waals surface area (Å²) in [6, 6.07) is 15.0. The maximum absolute atomic E-state index is 12.7. The van der Waals surface area contributed by atoms with Crippen LogP contribution in [0.2, 0.25) is 0 Å². The summed E-state index contributed by atoms with van der Waals surface area (Å²) in [6.07, 6.45) is 3.93. The second-order valence-electron chi connectivity index (χ2n) is 5.55. The molecule has 1 atom stereocenters. The lowest BCUT2D eigenvalue weighted by molar-refractivity contribution is 0.0971. The Morgan fingerprint density at radius 3 is 2.83 bits per heavy atom. The average Bonchev–Trinajstić information content (AvgIpc) is 3.18. The molecule has 1 N–H and O–H groups in total. The first-order chi connectivity index (χ1) is 11.3. The van der Waals surface area contributed by atoms with Crippen LogP contribution in [0.3, 0.4) is 0 Å². The Kier molecular flexibility index (Phi) is 3.12. The van der Waals surface area contributed by atoms with Gasteiger partial charge in [-0.3, -0.25) is 4.79 Å². The lowest BCUT2D eigenvalue weighted by atomic mass is 9.96. The summed E-state index contributed by atoms with van der Waals surface area (Å²) in [6.45, 7) is 0. The Hall–Kier alpha value is -3.08. The zero-order valence-corrected chi connectivity index (χ0v) is 12.3. The van der Waals surface area contributed by atoms with Crippen molar-refractivity contribution in [1.29, 1.82) is 5.53 Å². The van der Waals surface area contributed by atoms with Crippen LogP contribution in [0.1, 0.15) is 28.4 Å². The SMILES string of the molecule is N=Nc1ccccc1C(=O)CC1c2ccccc2-c2cncn21. The molecule has 0 amide bonds. The molecule has 0 bridgehead atoms. The first-order valence-electron chi connectivity index (χ1n) is 7.40. The number of hydrogen-bond acceptors (Lipinski definition) is 4.